The highest BCUT2D eigenvalue weighted by Crippen LogP contribution is 2.46. The van der Waals surface area contributed by atoms with E-state index < -0.39 is 12.0 Å². The predicted octanol–water partition coefficient (Wildman–Crippen LogP) is 5.08. The van der Waals surface area contributed by atoms with Gasteiger partial charge in [0.05, 0.1) is 37.4 Å². The van der Waals surface area contributed by atoms with Crippen molar-refractivity contribution in [1.82, 2.24) is 10.2 Å². The van der Waals surface area contributed by atoms with Gasteiger partial charge in [-0.1, -0.05) is 48.2 Å². The Morgan fingerprint density at radius 2 is 1.92 bits per heavy atom. The molecule has 8 nitrogen and oxygen atoms in total. The summed E-state index contributed by atoms with van der Waals surface area (Å²) >= 11 is 1.45. The molecule has 2 aromatic carbocycles. The molecular weight excluding hydrogens is 502 g/mol. The normalized spacial score (nSPS) is 18.4. The average molecular weight is 534 g/mol. The number of amides is 1. The summed E-state index contributed by atoms with van der Waals surface area (Å²) in [7, 11) is 1.59. The van der Waals surface area contributed by atoms with Crippen LogP contribution in [0.5, 0.6) is 11.5 Å². The Labute approximate surface area is 226 Å². The fourth-order valence-electron chi connectivity index (χ4n) is 4.53. The van der Waals surface area contributed by atoms with Crippen molar-refractivity contribution in [2.75, 3.05) is 13.7 Å². The van der Waals surface area contributed by atoms with E-state index in [4.69, 9.17) is 19.2 Å². The van der Waals surface area contributed by atoms with Gasteiger partial charge >= 0.3 is 5.97 Å². The zero-order chi connectivity index (χ0) is 26.6. The first-order valence-electron chi connectivity index (χ1n) is 12.7. The number of thioether (sulfide) groups is 1. The van der Waals surface area contributed by atoms with E-state index >= 15 is 0 Å². The van der Waals surface area contributed by atoms with Crippen LogP contribution in [0.15, 0.2) is 75.9 Å². The molecule has 1 amide bonds. The van der Waals surface area contributed by atoms with Gasteiger partial charge in [-0.15, -0.1) is 0 Å². The second-order valence-corrected chi connectivity index (χ2v) is 10.2. The van der Waals surface area contributed by atoms with Gasteiger partial charge in [0.15, 0.2) is 16.7 Å². The number of nitrogens with one attached hydrogen (secondary N) is 1. The lowest BCUT2D eigenvalue weighted by atomic mass is 9.93. The van der Waals surface area contributed by atoms with Crippen LogP contribution in [-0.4, -0.2) is 41.7 Å². The minimum atomic E-state index is -0.534. The number of amidine groups is 1. The average Bonchev–Trinajstić information content (AvgIpc) is 3.65. The number of ether oxygens (including phenoxy) is 3. The third kappa shape index (κ3) is 5.57. The van der Waals surface area contributed by atoms with Crippen LogP contribution in [0.4, 0.5) is 0 Å². The van der Waals surface area contributed by atoms with Gasteiger partial charge in [-0.2, -0.15) is 0 Å². The highest BCUT2D eigenvalue weighted by Gasteiger charge is 2.41. The number of hydrogen-bond donors (Lipinski definition) is 1. The Bertz CT molecular complexity index is 1320. The van der Waals surface area contributed by atoms with Crippen LogP contribution in [0, 0.1) is 0 Å². The molecule has 38 heavy (non-hydrogen) atoms. The molecule has 2 heterocycles. The third-order valence-corrected chi connectivity index (χ3v) is 7.41. The van der Waals surface area contributed by atoms with E-state index in [9.17, 15) is 9.59 Å². The van der Waals surface area contributed by atoms with Gasteiger partial charge in [0.25, 0.3) is 0 Å². The van der Waals surface area contributed by atoms with Crippen LogP contribution in [0.2, 0.25) is 0 Å². The molecule has 0 radical (unpaired) electrons. The summed E-state index contributed by atoms with van der Waals surface area (Å²) in [5.74, 6) is 0.677. The lowest BCUT2D eigenvalue weighted by molar-refractivity contribution is -0.139. The number of carbonyl (C=O) groups excluding carboxylic acids is 2. The molecule has 1 atom stereocenters. The number of hydrogen-bond acceptors (Lipinski definition) is 8. The number of carbonyl (C=O) groups is 2. The summed E-state index contributed by atoms with van der Waals surface area (Å²) < 4.78 is 17.2. The maximum Gasteiger partial charge on any atom is 0.338 e. The smallest absolute Gasteiger partial charge is 0.338 e. The van der Waals surface area contributed by atoms with E-state index in [1.54, 1.807) is 14.0 Å². The molecule has 2 aromatic rings. The second-order valence-electron chi connectivity index (χ2n) is 9.32. The largest absolute Gasteiger partial charge is 0.493 e. The Kier molecular flexibility index (Phi) is 7.74. The predicted molar refractivity (Wildman–Crippen MR) is 147 cm³/mol. The Hall–Kier alpha value is -3.72. The van der Waals surface area contributed by atoms with Crippen molar-refractivity contribution < 1.29 is 23.8 Å². The highest BCUT2D eigenvalue weighted by atomic mass is 32.2. The molecule has 2 aliphatic heterocycles. The van der Waals surface area contributed by atoms with Crippen molar-refractivity contribution in [1.29, 1.82) is 0 Å². The van der Waals surface area contributed by atoms with Crippen molar-refractivity contribution in [3.8, 4) is 11.5 Å². The van der Waals surface area contributed by atoms with E-state index in [1.165, 1.54) is 11.8 Å². The Balaban J connectivity index is 1.48. The minimum absolute atomic E-state index is 0.0365. The van der Waals surface area contributed by atoms with E-state index in [2.05, 4.69) is 5.32 Å². The zero-order valence-corrected chi connectivity index (χ0v) is 22.5. The first-order chi connectivity index (χ1) is 18.5. The zero-order valence-electron chi connectivity index (χ0n) is 21.7. The highest BCUT2D eigenvalue weighted by molar-refractivity contribution is 8.16. The summed E-state index contributed by atoms with van der Waals surface area (Å²) in [4.78, 5) is 32.6. The summed E-state index contributed by atoms with van der Waals surface area (Å²) in [5.41, 5.74) is 3.66. The summed E-state index contributed by atoms with van der Waals surface area (Å²) in [6, 6.07) is 15.3. The monoisotopic (exact) mass is 533 g/mol. The van der Waals surface area contributed by atoms with Gasteiger partial charge < -0.3 is 24.4 Å². The van der Waals surface area contributed by atoms with Crippen molar-refractivity contribution in [2.45, 2.75) is 51.8 Å². The fraction of sp³-hybridized carbons (Fsp3) is 0.345. The summed E-state index contributed by atoms with van der Waals surface area (Å²) in [6.45, 7) is 4.24. The molecule has 0 bridgehead atoms. The minimum Gasteiger partial charge on any atom is -0.493 e. The van der Waals surface area contributed by atoms with Gasteiger partial charge in [-0.25, -0.2) is 9.79 Å². The van der Waals surface area contributed by atoms with Gasteiger partial charge in [-0.3, -0.25) is 4.79 Å². The maximum absolute atomic E-state index is 13.2. The summed E-state index contributed by atoms with van der Waals surface area (Å²) in [5, 5.41) is 5.71. The quantitative estimate of drug-likeness (QED) is 0.426. The van der Waals surface area contributed by atoms with Gasteiger partial charge in [0.2, 0.25) is 5.91 Å². The lowest BCUT2D eigenvalue weighted by Crippen LogP contribution is -2.38. The van der Waals surface area contributed by atoms with Crippen molar-refractivity contribution >= 4 is 28.8 Å². The number of nitrogens with zero attached hydrogens (tertiary/aromatic N) is 2. The van der Waals surface area contributed by atoms with E-state index in [1.807, 2.05) is 65.8 Å². The number of fused-ring (bicyclic) bond motifs is 1. The molecule has 5 rings (SSSR count). The van der Waals surface area contributed by atoms with E-state index in [0.717, 1.165) is 34.8 Å². The molecule has 1 N–H and O–H groups in total. The van der Waals surface area contributed by atoms with Crippen LogP contribution in [0.3, 0.4) is 0 Å². The fourth-order valence-corrected chi connectivity index (χ4v) is 5.50. The standard InChI is InChI=1S/C29H31N3O5S/c1-4-36-28(34)26-18(2)30-29-32(22(17-38-29)15-25(33)31-21-11-12-21)27(26)20-10-13-23(24(14-20)35-3)37-16-19-8-6-5-7-9-19/h5-10,13-14,17,21,27H,4,11-12,15-16H2,1-3H3,(H,31,33)/t27-/m1/s1. The molecule has 0 saturated heterocycles. The maximum atomic E-state index is 13.2. The molecule has 0 unspecified atom stereocenters. The van der Waals surface area contributed by atoms with Crippen LogP contribution in [0.1, 0.15) is 50.3 Å². The molecule has 198 valence electrons. The number of esters is 1. The lowest BCUT2D eigenvalue weighted by Gasteiger charge is -2.36. The first kappa shape index (κ1) is 25.9. The number of methoxy groups -OCH3 is 1. The van der Waals surface area contributed by atoms with E-state index in [-0.39, 0.29) is 25.0 Å². The first-order valence-corrected chi connectivity index (χ1v) is 13.6. The molecule has 0 aromatic heterocycles. The van der Waals surface area contributed by atoms with E-state index in [0.29, 0.717) is 29.4 Å². The molecule has 3 aliphatic rings. The Morgan fingerprint density at radius 3 is 2.63 bits per heavy atom. The van der Waals surface area contributed by atoms with Crippen molar-refractivity contribution in [3.63, 3.8) is 0 Å². The van der Waals surface area contributed by atoms with Crippen LogP contribution >= 0.6 is 11.8 Å². The van der Waals surface area contributed by atoms with Crippen LogP contribution in [-0.2, 0) is 20.9 Å². The summed E-state index contributed by atoms with van der Waals surface area (Å²) in [6.07, 6.45) is 2.24. The third-order valence-electron chi connectivity index (χ3n) is 6.52. The van der Waals surface area contributed by atoms with Crippen LogP contribution in [0.25, 0.3) is 0 Å². The Morgan fingerprint density at radius 1 is 1.13 bits per heavy atom. The molecular formula is C29H31N3O5S. The van der Waals surface area contributed by atoms with Gasteiger partial charge in [0, 0.05) is 11.7 Å². The van der Waals surface area contributed by atoms with Gasteiger partial charge in [-0.05, 0) is 55.4 Å². The van der Waals surface area contributed by atoms with Gasteiger partial charge in [0.1, 0.15) is 6.61 Å². The molecule has 1 saturated carbocycles. The van der Waals surface area contributed by atoms with Crippen molar-refractivity contribution in [2.24, 2.45) is 4.99 Å². The van der Waals surface area contributed by atoms with Crippen molar-refractivity contribution in [3.05, 3.63) is 82.0 Å². The number of aliphatic imine (C=N–C) groups is 1. The number of allylic oxidation sites excluding steroid dienone is 1. The molecule has 1 fully saturated rings. The SMILES string of the molecule is CCOC(=O)C1=C(C)N=C2SC=C(CC(=O)NC3CC3)N2[C@@H]1c1ccc(OCc2ccccc2)c(OC)c1. The molecule has 1 aliphatic carbocycles. The molecule has 9 heteroatoms. The topological polar surface area (TPSA) is 89.5 Å². The van der Waals surface area contributed by atoms with Crippen LogP contribution < -0.4 is 14.8 Å². The molecule has 0 spiro atoms. The second kappa shape index (κ2) is 11.3. The number of rotatable bonds is 10. The number of benzene rings is 2.